The monoisotopic (exact) mass is 153 g/mol. The van der Waals surface area contributed by atoms with Gasteiger partial charge in [-0.25, -0.2) is 0 Å². The average molecular weight is 153 g/mol. The minimum absolute atomic E-state index is 0.515. The maximum atomic E-state index is 6.16. The van der Waals surface area contributed by atoms with E-state index in [9.17, 15) is 0 Å². The van der Waals surface area contributed by atoms with Crippen LogP contribution in [0.3, 0.4) is 0 Å². The molecule has 1 heteroatoms. The first kappa shape index (κ1) is 7.60. The van der Waals surface area contributed by atoms with Crippen molar-refractivity contribution in [1.82, 2.24) is 0 Å². The number of hydrogen-bond acceptors (Lipinski definition) is 1. The smallest absolute Gasteiger partial charge is 0.0101 e. The molecule has 2 aliphatic rings. The van der Waals surface area contributed by atoms with Crippen molar-refractivity contribution in [2.75, 3.05) is 0 Å². The molecule has 0 radical (unpaired) electrons. The summed E-state index contributed by atoms with van der Waals surface area (Å²) in [7, 11) is 0. The molecule has 0 saturated heterocycles. The van der Waals surface area contributed by atoms with Crippen LogP contribution >= 0.6 is 0 Å². The highest BCUT2D eigenvalue weighted by molar-refractivity contribution is 5.05. The van der Waals surface area contributed by atoms with Gasteiger partial charge in [0.2, 0.25) is 0 Å². The molecule has 0 aliphatic heterocycles. The van der Waals surface area contributed by atoms with E-state index in [2.05, 4.69) is 13.8 Å². The van der Waals surface area contributed by atoms with Crippen molar-refractivity contribution in [1.29, 1.82) is 0 Å². The van der Waals surface area contributed by atoms with Crippen molar-refractivity contribution < 1.29 is 0 Å². The first-order valence-corrected chi connectivity index (χ1v) is 4.91. The fourth-order valence-electron chi connectivity index (χ4n) is 3.30. The third-order valence-corrected chi connectivity index (χ3v) is 4.16. The summed E-state index contributed by atoms with van der Waals surface area (Å²) < 4.78 is 0. The van der Waals surface area contributed by atoms with E-state index in [1.807, 2.05) is 0 Å². The summed E-state index contributed by atoms with van der Waals surface area (Å²) in [5, 5.41) is 0. The van der Waals surface area contributed by atoms with Gasteiger partial charge in [-0.3, -0.25) is 0 Å². The normalized spacial score (nSPS) is 49.1. The van der Waals surface area contributed by atoms with Crippen LogP contribution in [0.2, 0.25) is 0 Å². The Balaban J connectivity index is 2.22. The second kappa shape index (κ2) is 2.22. The van der Waals surface area contributed by atoms with Gasteiger partial charge in [0.05, 0.1) is 0 Å². The molecule has 3 unspecified atom stereocenters. The zero-order valence-corrected chi connectivity index (χ0v) is 7.64. The Bertz CT molecular complexity index is 164. The highest BCUT2D eigenvalue weighted by Crippen LogP contribution is 2.57. The molecule has 0 aromatic heterocycles. The topological polar surface area (TPSA) is 26.0 Å². The quantitative estimate of drug-likeness (QED) is 0.614. The molecule has 2 rings (SSSR count). The van der Waals surface area contributed by atoms with Crippen LogP contribution in [0.1, 0.15) is 39.5 Å². The Morgan fingerprint density at radius 3 is 2.45 bits per heavy atom. The van der Waals surface area contributed by atoms with Gasteiger partial charge in [0, 0.05) is 6.04 Å². The minimum Gasteiger partial charge on any atom is -0.327 e. The van der Waals surface area contributed by atoms with E-state index in [1.165, 1.54) is 25.7 Å². The first-order valence-electron chi connectivity index (χ1n) is 4.91. The Kier molecular flexibility index (Phi) is 1.54. The van der Waals surface area contributed by atoms with Crippen LogP contribution in [0.15, 0.2) is 0 Å². The van der Waals surface area contributed by atoms with E-state index in [0.29, 0.717) is 11.5 Å². The standard InChI is InChI=1S/C10H19N/c1-7(2)10-4-3-8(6-10)5-9(10)11/h7-9H,3-6,11H2,1-2H3. The molecule has 0 aromatic carbocycles. The lowest BCUT2D eigenvalue weighted by Gasteiger charge is -2.36. The third-order valence-electron chi connectivity index (χ3n) is 4.16. The van der Waals surface area contributed by atoms with Crippen LogP contribution in [0.5, 0.6) is 0 Å². The summed E-state index contributed by atoms with van der Waals surface area (Å²) in [4.78, 5) is 0. The summed E-state index contributed by atoms with van der Waals surface area (Å²) in [6.07, 6.45) is 5.58. The largest absolute Gasteiger partial charge is 0.327 e. The number of hydrogen-bond donors (Lipinski definition) is 1. The fourth-order valence-corrected chi connectivity index (χ4v) is 3.30. The second-order valence-electron chi connectivity index (χ2n) is 4.84. The van der Waals surface area contributed by atoms with Gasteiger partial charge in [0.25, 0.3) is 0 Å². The van der Waals surface area contributed by atoms with Crippen molar-refractivity contribution in [3.63, 3.8) is 0 Å². The zero-order valence-electron chi connectivity index (χ0n) is 7.64. The van der Waals surface area contributed by atoms with Gasteiger partial charge in [-0.1, -0.05) is 13.8 Å². The van der Waals surface area contributed by atoms with Gasteiger partial charge in [-0.2, -0.15) is 0 Å². The lowest BCUT2D eigenvalue weighted by Crippen LogP contribution is -2.41. The van der Waals surface area contributed by atoms with Crippen LogP contribution in [0.4, 0.5) is 0 Å². The van der Waals surface area contributed by atoms with Gasteiger partial charge in [0.15, 0.2) is 0 Å². The van der Waals surface area contributed by atoms with E-state index in [0.717, 1.165) is 11.8 Å². The molecule has 64 valence electrons. The van der Waals surface area contributed by atoms with E-state index < -0.39 is 0 Å². The number of fused-ring (bicyclic) bond motifs is 2. The lowest BCUT2D eigenvalue weighted by atomic mass is 9.72. The lowest BCUT2D eigenvalue weighted by molar-refractivity contribution is 0.168. The second-order valence-corrected chi connectivity index (χ2v) is 4.84. The van der Waals surface area contributed by atoms with Crippen molar-refractivity contribution >= 4 is 0 Å². The number of rotatable bonds is 1. The van der Waals surface area contributed by atoms with Crippen LogP contribution in [-0.4, -0.2) is 6.04 Å². The van der Waals surface area contributed by atoms with Crippen LogP contribution in [0.25, 0.3) is 0 Å². The van der Waals surface area contributed by atoms with Crippen molar-refractivity contribution in [2.24, 2.45) is 23.0 Å². The fraction of sp³-hybridized carbons (Fsp3) is 1.00. The van der Waals surface area contributed by atoms with Gasteiger partial charge >= 0.3 is 0 Å². The summed E-state index contributed by atoms with van der Waals surface area (Å²) in [5.74, 6) is 1.78. The van der Waals surface area contributed by atoms with Gasteiger partial charge in [-0.15, -0.1) is 0 Å². The summed E-state index contributed by atoms with van der Waals surface area (Å²) in [5.41, 5.74) is 6.70. The van der Waals surface area contributed by atoms with E-state index in [1.54, 1.807) is 0 Å². The Hall–Kier alpha value is -0.0400. The van der Waals surface area contributed by atoms with Crippen molar-refractivity contribution in [3.05, 3.63) is 0 Å². The van der Waals surface area contributed by atoms with Crippen LogP contribution < -0.4 is 5.73 Å². The molecule has 3 atom stereocenters. The molecule has 2 saturated carbocycles. The Morgan fingerprint density at radius 2 is 2.18 bits per heavy atom. The Morgan fingerprint density at radius 1 is 1.45 bits per heavy atom. The first-order chi connectivity index (χ1) is 5.15. The highest BCUT2D eigenvalue weighted by Gasteiger charge is 2.51. The van der Waals surface area contributed by atoms with Gasteiger partial charge in [0.1, 0.15) is 0 Å². The third kappa shape index (κ3) is 0.868. The summed E-state index contributed by atoms with van der Waals surface area (Å²) in [6, 6.07) is 0.515. The molecule has 2 fully saturated rings. The van der Waals surface area contributed by atoms with Gasteiger partial charge in [-0.05, 0) is 42.9 Å². The van der Waals surface area contributed by atoms with Crippen LogP contribution in [-0.2, 0) is 0 Å². The van der Waals surface area contributed by atoms with Gasteiger partial charge < -0.3 is 5.73 Å². The maximum Gasteiger partial charge on any atom is 0.0101 e. The molecule has 0 heterocycles. The number of nitrogens with two attached hydrogens (primary N) is 1. The predicted molar refractivity (Wildman–Crippen MR) is 47.2 cm³/mol. The SMILES string of the molecule is CC(C)C12CCC(CC1N)C2. The maximum absolute atomic E-state index is 6.16. The molecular weight excluding hydrogens is 134 g/mol. The van der Waals surface area contributed by atoms with E-state index in [-0.39, 0.29) is 0 Å². The molecule has 2 aliphatic carbocycles. The zero-order chi connectivity index (χ0) is 8.06. The van der Waals surface area contributed by atoms with Crippen LogP contribution in [0, 0.1) is 17.3 Å². The molecule has 0 aromatic rings. The molecule has 1 nitrogen and oxygen atoms in total. The minimum atomic E-state index is 0.515. The molecule has 11 heavy (non-hydrogen) atoms. The molecule has 2 N–H and O–H groups in total. The highest BCUT2D eigenvalue weighted by atomic mass is 14.8. The van der Waals surface area contributed by atoms with Crippen molar-refractivity contribution in [3.8, 4) is 0 Å². The van der Waals surface area contributed by atoms with E-state index >= 15 is 0 Å². The predicted octanol–water partition coefficient (Wildman–Crippen LogP) is 2.16. The Labute approximate surface area is 69.4 Å². The average Bonchev–Trinajstić information content (AvgIpc) is 2.43. The summed E-state index contributed by atoms with van der Waals surface area (Å²) >= 11 is 0. The summed E-state index contributed by atoms with van der Waals surface area (Å²) in [6.45, 7) is 4.68. The van der Waals surface area contributed by atoms with Crippen molar-refractivity contribution in [2.45, 2.75) is 45.6 Å². The van der Waals surface area contributed by atoms with E-state index in [4.69, 9.17) is 5.73 Å². The molecule has 2 bridgehead atoms. The molecular formula is C10H19N. The molecule has 0 spiro atoms. The molecule has 0 amide bonds.